The van der Waals surface area contributed by atoms with Crippen molar-refractivity contribution in [3.05, 3.63) is 41.6 Å². The molecule has 1 amide bonds. The van der Waals surface area contributed by atoms with Gasteiger partial charge in [0.25, 0.3) is 0 Å². The number of hydrogen-bond acceptors (Lipinski definition) is 2. The Hall–Kier alpha value is -1.81. The number of aliphatic carboxylic acids is 1. The first-order valence-corrected chi connectivity index (χ1v) is 5.03. The second-order valence-electron chi connectivity index (χ2n) is 2.96. The average Bonchev–Trinajstić information content (AvgIpc) is 2.29. The lowest BCUT2D eigenvalue weighted by atomic mass is 10.2. The molecular formula is C11H10ClNO3. The number of rotatable bonds is 4. The minimum atomic E-state index is -1.21. The lowest BCUT2D eigenvalue weighted by molar-refractivity contribution is -0.134. The van der Waals surface area contributed by atoms with Crippen LogP contribution in [0.4, 0.5) is 0 Å². The van der Waals surface area contributed by atoms with Crippen molar-refractivity contribution in [3.63, 3.8) is 0 Å². The number of carbonyl (C=O) groups excluding carboxylic acids is 1. The molecule has 0 aromatic heterocycles. The van der Waals surface area contributed by atoms with Crippen LogP contribution in [-0.2, 0) is 9.59 Å². The summed E-state index contributed by atoms with van der Waals surface area (Å²) in [7, 11) is 0. The number of amides is 1. The fraction of sp³-hybridized carbons (Fsp3) is 0.0909. The van der Waals surface area contributed by atoms with Gasteiger partial charge in [0.1, 0.15) is 11.6 Å². The Bertz CT molecular complexity index is 414. The molecule has 0 unspecified atom stereocenters. The van der Waals surface area contributed by atoms with Gasteiger partial charge in [0.15, 0.2) is 0 Å². The number of benzene rings is 1. The molecule has 0 aliphatic rings. The highest BCUT2D eigenvalue weighted by atomic mass is 35.5. The van der Waals surface area contributed by atoms with Gasteiger partial charge in [-0.25, -0.2) is 4.79 Å². The van der Waals surface area contributed by atoms with Gasteiger partial charge >= 0.3 is 5.97 Å². The smallest absolute Gasteiger partial charge is 0.352 e. The molecule has 84 valence electrons. The molecular weight excluding hydrogens is 230 g/mol. The maximum Gasteiger partial charge on any atom is 0.352 e. The fourth-order valence-electron chi connectivity index (χ4n) is 1.05. The number of hydrogen-bond donors (Lipinski definition) is 2. The molecule has 0 aliphatic carbocycles. The van der Waals surface area contributed by atoms with E-state index < -0.39 is 11.9 Å². The number of alkyl halides is 1. The van der Waals surface area contributed by atoms with Crippen LogP contribution in [-0.4, -0.2) is 22.9 Å². The lowest BCUT2D eigenvalue weighted by Gasteiger charge is -2.03. The van der Waals surface area contributed by atoms with Crippen molar-refractivity contribution < 1.29 is 14.7 Å². The van der Waals surface area contributed by atoms with E-state index in [-0.39, 0.29) is 11.6 Å². The first-order chi connectivity index (χ1) is 7.63. The Labute approximate surface area is 97.5 Å². The van der Waals surface area contributed by atoms with Crippen LogP contribution in [0.5, 0.6) is 0 Å². The minimum Gasteiger partial charge on any atom is -0.477 e. The molecule has 0 bridgehead atoms. The van der Waals surface area contributed by atoms with Gasteiger partial charge in [-0.1, -0.05) is 30.3 Å². The van der Waals surface area contributed by atoms with E-state index in [4.69, 9.17) is 16.7 Å². The molecule has 0 fully saturated rings. The molecule has 16 heavy (non-hydrogen) atoms. The van der Waals surface area contributed by atoms with Crippen LogP contribution in [0.15, 0.2) is 36.0 Å². The van der Waals surface area contributed by atoms with Crippen LogP contribution in [0, 0.1) is 0 Å². The third kappa shape index (κ3) is 3.74. The molecule has 1 aromatic carbocycles. The zero-order valence-corrected chi connectivity index (χ0v) is 9.07. The summed E-state index contributed by atoms with van der Waals surface area (Å²) in [5, 5.41) is 11.1. The van der Waals surface area contributed by atoms with E-state index in [2.05, 4.69) is 5.32 Å². The predicted octanol–water partition coefficient (Wildman–Crippen LogP) is 1.47. The van der Waals surface area contributed by atoms with Gasteiger partial charge in [-0.3, -0.25) is 4.79 Å². The van der Waals surface area contributed by atoms with Crippen LogP contribution >= 0.6 is 11.6 Å². The normalized spacial score (nSPS) is 10.9. The van der Waals surface area contributed by atoms with E-state index >= 15 is 0 Å². The zero-order chi connectivity index (χ0) is 12.0. The molecule has 0 aliphatic heterocycles. The summed E-state index contributed by atoms with van der Waals surface area (Å²) in [5.74, 6) is -2.03. The summed E-state index contributed by atoms with van der Waals surface area (Å²) >= 11 is 5.27. The number of nitrogens with one attached hydrogen (secondary N) is 1. The van der Waals surface area contributed by atoms with E-state index in [1.807, 2.05) is 6.07 Å². The van der Waals surface area contributed by atoms with Crippen LogP contribution in [0.1, 0.15) is 5.56 Å². The molecule has 5 heteroatoms. The molecule has 1 aromatic rings. The van der Waals surface area contributed by atoms with Crippen LogP contribution < -0.4 is 5.32 Å². The molecule has 1 rings (SSSR count). The van der Waals surface area contributed by atoms with Crippen LogP contribution in [0.25, 0.3) is 6.08 Å². The maximum atomic E-state index is 11.0. The molecule has 0 heterocycles. The summed E-state index contributed by atoms with van der Waals surface area (Å²) in [6, 6.07) is 8.82. The predicted molar refractivity (Wildman–Crippen MR) is 60.9 cm³/mol. The second kappa shape index (κ2) is 5.92. The summed E-state index contributed by atoms with van der Waals surface area (Å²) < 4.78 is 0. The molecule has 0 saturated carbocycles. The minimum absolute atomic E-state index is 0.197. The van der Waals surface area contributed by atoms with Crippen molar-refractivity contribution >= 4 is 29.6 Å². The average molecular weight is 240 g/mol. The van der Waals surface area contributed by atoms with Crippen molar-refractivity contribution in [3.8, 4) is 0 Å². The van der Waals surface area contributed by atoms with Gasteiger partial charge in [0.2, 0.25) is 5.91 Å². The fourth-order valence-corrected chi connectivity index (χ4v) is 1.12. The second-order valence-corrected chi connectivity index (χ2v) is 3.22. The third-order valence-electron chi connectivity index (χ3n) is 1.74. The first-order valence-electron chi connectivity index (χ1n) is 4.49. The molecule has 4 nitrogen and oxygen atoms in total. The number of carboxylic acid groups (broad SMARTS) is 1. The number of carbonyl (C=O) groups is 2. The summed E-state index contributed by atoms with van der Waals surface area (Å²) in [4.78, 5) is 21.8. The standard InChI is InChI=1S/C11H10ClNO3/c12-7-10(14)13-9(11(15)16)6-8-4-2-1-3-5-8/h1-6H,7H2,(H,13,14)(H,15,16). The van der Waals surface area contributed by atoms with E-state index in [1.54, 1.807) is 24.3 Å². The molecule has 0 radical (unpaired) electrons. The monoisotopic (exact) mass is 239 g/mol. The molecule has 0 atom stereocenters. The van der Waals surface area contributed by atoms with Crippen molar-refractivity contribution in [2.24, 2.45) is 0 Å². The Morgan fingerprint density at radius 1 is 1.31 bits per heavy atom. The van der Waals surface area contributed by atoms with E-state index in [1.165, 1.54) is 6.08 Å². The van der Waals surface area contributed by atoms with Crippen molar-refractivity contribution in [2.75, 3.05) is 5.88 Å². The van der Waals surface area contributed by atoms with Gasteiger partial charge in [0, 0.05) is 0 Å². The van der Waals surface area contributed by atoms with Gasteiger partial charge in [-0.15, -0.1) is 11.6 Å². The van der Waals surface area contributed by atoms with E-state index in [0.717, 1.165) is 0 Å². The highest BCUT2D eigenvalue weighted by Gasteiger charge is 2.10. The van der Waals surface area contributed by atoms with Crippen molar-refractivity contribution in [1.82, 2.24) is 5.32 Å². The summed E-state index contributed by atoms with van der Waals surface area (Å²) in [6.45, 7) is 0. The Balaban J connectivity index is 2.90. The quantitative estimate of drug-likeness (QED) is 0.618. The summed E-state index contributed by atoms with van der Waals surface area (Å²) in [6.07, 6.45) is 1.37. The number of halogens is 1. The molecule has 0 spiro atoms. The number of carboxylic acids is 1. The molecule has 2 N–H and O–H groups in total. The lowest BCUT2D eigenvalue weighted by Crippen LogP contribution is -2.27. The van der Waals surface area contributed by atoms with Crippen LogP contribution in [0.2, 0.25) is 0 Å². The van der Waals surface area contributed by atoms with Gasteiger partial charge < -0.3 is 10.4 Å². The van der Waals surface area contributed by atoms with E-state index in [0.29, 0.717) is 5.56 Å². The van der Waals surface area contributed by atoms with Crippen LogP contribution in [0.3, 0.4) is 0 Å². The Kier molecular flexibility index (Phi) is 4.54. The highest BCUT2D eigenvalue weighted by molar-refractivity contribution is 6.27. The zero-order valence-electron chi connectivity index (χ0n) is 8.31. The van der Waals surface area contributed by atoms with E-state index in [9.17, 15) is 9.59 Å². The maximum absolute atomic E-state index is 11.0. The third-order valence-corrected chi connectivity index (χ3v) is 1.98. The SMILES string of the molecule is O=C(CCl)NC(=Cc1ccccc1)C(=O)O. The Morgan fingerprint density at radius 3 is 2.44 bits per heavy atom. The summed E-state index contributed by atoms with van der Waals surface area (Å²) in [5.41, 5.74) is 0.492. The first kappa shape index (κ1) is 12.3. The van der Waals surface area contributed by atoms with Crippen molar-refractivity contribution in [2.45, 2.75) is 0 Å². The van der Waals surface area contributed by atoms with Gasteiger partial charge in [0.05, 0.1) is 0 Å². The Morgan fingerprint density at radius 2 is 1.94 bits per heavy atom. The molecule has 0 saturated heterocycles. The largest absolute Gasteiger partial charge is 0.477 e. The van der Waals surface area contributed by atoms with Crippen molar-refractivity contribution in [1.29, 1.82) is 0 Å². The van der Waals surface area contributed by atoms with Gasteiger partial charge in [-0.05, 0) is 11.6 Å². The topological polar surface area (TPSA) is 66.4 Å². The van der Waals surface area contributed by atoms with Gasteiger partial charge in [-0.2, -0.15) is 0 Å². The highest BCUT2D eigenvalue weighted by Crippen LogP contribution is 2.04.